The van der Waals surface area contributed by atoms with Gasteiger partial charge in [0.05, 0.1) is 6.10 Å². The Balaban J connectivity index is 2.14. The predicted molar refractivity (Wildman–Crippen MR) is 66.0 cm³/mol. The van der Waals surface area contributed by atoms with Crippen LogP contribution in [0.1, 0.15) is 17.2 Å². The normalized spacial score (nSPS) is 12.3. The maximum atomic E-state index is 10.0. The fourth-order valence-electron chi connectivity index (χ4n) is 1.72. The first-order valence-electron chi connectivity index (χ1n) is 5.34. The smallest absolute Gasteiger partial charge is 0.0831 e. The fourth-order valence-corrected chi connectivity index (χ4v) is 1.72. The molecule has 1 atom stereocenters. The van der Waals surface area contributed by atoms with E-state index in [1.54, 1.807) is 0 Å². The Labute approximate surface area is 95.4 Å². The number of anilines is 1. The summed E-state index contributed by atoms with van der Waals surface area (Å²) in [6.45, 7) is 0. The lowest BCUT2D eigenvalue weighted by molar-refractivity contribution is 0.178. The van der Waals surface area contributed by atoms with Crippen molar-refractivity contribution in [2.24, 2.45) is 0 Å². The molecular weight excluding hydrogens is 198 g/mol. The Bertz CT molecular complexity index is 453. The average Bonchev–Trinajstić information content (AvgIpc) is 2.33. The van der Waals surface area contributed by atoms with Gasteiger partial charge in [-0.3, -0.25) is 0 Å². The SMILES string of the molecule is Nc1ccccc1CC(O)c1ccccc1. The van der Waals surface area contributed by atoms with E-state index in [0.717, 1.165) is 16.8 Å². The van der Waals surface area contributed by atoms with Crippen molar-refractivity contribution >= 4 is 5.69 Å². The van der Waals surface area contributed by atoms with Crippen LogP contribution in [-0.4, -0.2) is 5.11 Å². The number of aliphatic hydroxyl groups is 1. The van der Waals surface area contributed by atoms with Crippen molar-refractivity contribution in [2.45, 2.75) is 12.5 Å². The number of hydrogen-bond acceptors (Lipinski definition) is 2. The molecule has 2 nitrogen and oxygen atoms in total. The van der Waals surface area contributed by atoms with Gasteiger partial charge in [-0.15, -0.1) is 0 Å². The number of para-hydroxylation sites is 1. The third kappa shape index (κ3) is 2.41. The highest BCUT2D eigenvalue weighted by molar-refractivity contribution is 5.46. The summed E-state index contributed by atoms with van der Waals surface area (Å²) >= 11 is 0. The fraction of sp³-hybridized carbons (Fsp3) is 0.143. The standard InChI is InChI=1S/C14H15NO/c15-13-9-5-4-8-12(13)10-14(16)11-6-2-1-3-7-11/h1-9,14,16H,10,15H2. The van der Waals surface area contributed by atoms with Crippen molar-refractivity contribution < 1.29 is 5.11 Å². The van der Waals surface area contributed by atoms with E-state index in [9.17, 15) is 5.11 Å². The Kier molecular flexibility index (Phi) is 3.22. The van der Waals surface area contributed by atoms with Gasteiger partial charge in [0.25, 0.3) is 0 Å². The summed E-state index contributed by atoms with van der Waals surface area (Å²) in [7, 11) is 0. The van der Waals surface area contributed by atoms with Gasteiger partial charge in [-0.25, -0.2) is 0 Å². The van der Waals surface area contributed by atoms with E-state index in [0.29, 0.717) is 6.42 Å². The number of aliphatic hydroxyl groups excluding tert-OH is 1. The van der Waals surface area contributed by atoms with E-state index in [1.807, 2.05) is 54.6 Å². The van der Waals surface area contributed by atoms with Crippen molar-refractivity contribution in [3.05, 3.63) is 65.7 Å². The number of nitrogens with two attached hydrogens (primary N) is 1. The molecule has 1 unspecified atom stereocenters. The van der Waals surface area contributed by atoms with E-state index in [-0.39, 0.29) is 0 Å². The molecule has 0 spiro atoms. The summed E-state index contributed by atoms with van der Waals surface area (Å²) in [5, 5.41) is 10.0. The zero-order valence-electron chi connectivity index (χ0n) is 9.01. The molecule has 0 saturated heterocycles. The van der Waals surface area contributed by atoms with Crippen LogP contribution >= 0.6 is 0 Å². The van der Waals surface area contributed by atoms with Crippen LogP contribution < -0.4 is 5.73 Å². The number of benzene rings is 2. The molecule has 82 valence electrons. The monoisotopic (exact) mass is 213 g/mol. The molecule has 16 heavy (non-hydrogen) atoms. The highest BCUT2D eigenvalue weighted by Gasteiger charge is 2.09. The van der Waals surface area contributed by atoms with Crippen LogP contribution in [0.5, 0.6) is 0 Å². The van der Waals surface area contributed by atoms with Gasteiger partial charge in [0, 0.05) is 12.1 Å². The van der Waals surface area contributed by atoms with Crippen molar-refractivity contribution in [3.8, 4) is 0 Å². The van der Waals surface area contributed by atoms with Crippen molar-refractivity contribution in [3.63, 3.8) is 0 Å². The molecule has 0 fully saturated rings. The van der Waals surface area contributed by atoms with Crippen LogP contribution in [0.3, 0.4) is 0 Å². The van der Waals surface area contributed by atoms with E-state index >= 15 is 0 Å². The molecule has 0 aliphatic heterocycles. The molecular formula is C14H15NO. The number of hydrogen-bond donors (Lipinski definition) is 2. The Morgan fingerprint density at radius 2 is 1.56 bits per heavy atom. The zero-order chi connectivity index (χ0) is 11.4. The van der Waals surface area contributed by atoms with Crippen LogP contribution in [0.2, 0.25) is 0 Å². The van der Waals surface area contributed by atoms with Gasteiger partial charge in [0.15, 0.2) is 0 Å². The summed E-state index contributed by atoms with van der Waals surface area (Å²) in [5.41, 5.74) is 8.48. The first-order chi connectivity index (χ1) is 7.77. The Hall–Kier alpha value is -1.80. The summed E-state index contributed by atoms with van der Waals surface area (Å²) in [6, 6.07) is 17.3. The van der Waals surface area contributed by atoms with Crippen molar-refractivity contribution in [1.29, 1.82) is 0 Å². The van der Waals surface area contributed by atoms with Crippen LogP contribution in [0.4, 0.5) is 5.69 Å². The molecule has 0 aliphatic carbocycles. The number of nitrogen functional groups attached to an aromatic ring is 1. The second-order valence-electron chi connectivity index (χ2n) is 3.83. The first-order valence-corrected chi connectivity index (χ1v) is 5.34. The first kappa shape index (κ1) is 10.7. The minimum atomic E-state index is -0.495. The Morgan fingerprint density at radius 3 is 2.25 bits per heavy atom. The largest absolute Gasteiger partial charge is 0.399 e. The second-order valence-corrected chi connectivity index (χ2v) is 3.83. The molecule has 2 rings (SSSR count). The molecule has 0 aromatic heterocycles. The molecule has 0 bridgehead atoms. The molecule has 0 radical (unpaired) electrons. The highest BCUT2D eigenvalue weighted by atomic mass is 16.3. The van der Waals surface area contributed by atoms with Crippen molar-refractivity contribution in [1.82, 2.24) is 0 Å². The van der Waals surface area contributed by atoms with Crippen LogP contribution in [0.15, 0.2) is 54.6 Å². The second kappa shape index (κ2) is 4.81. The van der Waals surface area contributed by atoms with Gasteiger partial charge in [-0.1, -0.05) is 48.5 Å². The molecule has 0 heterocycles. The minimum absolute atomic E-state index is 0.495. The predicted octanol–water partition coefficient (Wildman–Crippen LogP) is 2.54. The van der Waals surface area contributed by atoms with Gasteiger partial charge in [-0.2, -0.15) is 0 Å². The van der Waals surface area contributed by atoms with Gasteiger partial charge in [0.1, 0.15) is 0 Å². The van der Waals surface area contributed by atoms with Crippen molar-refractivity contribution in [2.75, 3.05) is 5.73 Å². The summed E-state index contributed by atoms with van der Waals surface area (Å²) < 4.78 is 0. The zero-order valence-corrected chi connectivity index (χ0v) is 9.01. The molecule has 2 aromatic rings. The maximum absolute atomic E-state index is 10.0. The van der Waals surface area contributed by atoms with Gasteiger partial charge in [-0.05, 0) is 17.2 Å². The van der Waals surface area contributed by atoms with Gasteiger partial charge in [0.2, 0.25) is 0 Å². The van der Waals surface area contributed by atoms with Crippen LogP contribution in [-0.2, 0) is 6.42 Å². The molecule has 2 heteroatoms. The van der Waals surface area contributed by atoms with Crippen LogP contribution in [0, 0.1) is 0 Å². The molecule has 3 N–H and O–H groups in total. The lowest BCUT2D eigenvalue weighted by Crippen LogP contribution is -2.03. The molecule has 2 aromatic carbocycles. The minimum Gasteiger partial charge on any atom is -0.399 e. The van der Waals surface area contributed by atoms with Gasteiger partial charge < -0.3 is 10.8 Å². The lowest BCUT2D eigenvalue weighted by Gasteiger charge is -2.12. The van der Waals surface area contributed by atoms with E-state index in [4.69, 9.17) is 5.73 Å². The average molecular weight is 213 g/mol. The quantitative estimate of drug-likeness (QED) is 0.770. The van der Waals surface area contributed by atoms with E-state index < -0.39 is 6.10 Å². The summed E-state index contributed by atoms with van der Waals surface area (Å²) in [6.07, 6.45) is 0.0577. The summed E-state index contributed by atoms with van der Waals surface area (Å²) in [4.78, 5) is 0. The van der Waals surface area contributed by atoms with Gasteiger partial charge >= 0.3 is 0 Å². The molecule has 0 aliphatic rings. The van der Waals surface area contributed by atoms with Crippen LogP contribution in [0.25, 0.3) is 0 Å². The van der Waals surface area contributed by atoms with E-state index in [2.05, 4.69) is 0 Å². The Morgan fingerprint density at radius 1 is 0.938 bits per heavy atom. The number of rotatable bonds is 3. The third-order valence-corrected chi connectivity index (χ3v) is 2.65. The van der Waals surface area contributed by atoms with E-state index in [1.165, 1.54) is 0 Å². The molecule has 0 amide bonds. The summed E-state index contributed by atoms with van der Waals surface area (Å²) in [5.74, 6) is 0. The topological polar surface area (TPSA) is 46.2 Å². The highest BCUT2D eigenvalue weighted by Crippen LogP contribution is 2.21. The third-order valence-electron chi connectivity index (χ3n) is 2.65. The molecule has 0 saturated carbocycles. The maximum Gasteiger partial charge on any atom is 0.0831 e. The lowest BCUT2D eigenvalue weighted by atomic mass is 10.0.